The van der Waals surface area contributed by atoms with Crippen molar-refractivity contribution < 1.29 is 19.0 Å². The van der Waals surface area contributed by atoms with E-state index in [4.69, 9.17) is 14.2 Å². The Morgan fingerprint density at radius 1 is 1.00 bits per heavy atom. The highest BCUT2D eigenvalue weighted by Crippen LogP contribution is 2.34. The van der Waals surface area contributed by atoms with E-state index in [1.807, 2.05) is 41.0 Å². The molecule has 2 aromatic heterocycles. The zero-order chi connectivity index (χ0) is 26.2. The third-order valence-corrected chi connectivity index (χ3v) is 6.58. The van der Waals surface area contributed by atoms with Gasteiger partial charge >= 0.3 is 0 Å². The lowest BCUT2D eigenvalue weighted by molar-refractivity contribution is -0.118. The molecule has 0 radical (unpaired) electrons. The lowest BCUT2D eigenvalue weighted by atomic mass is 10.2. The zero-order valence-corrected chi connectivity index (χ0v) is 22.6. The molecule has 190 valence electrons. The molecular weight excluding hydrogens is 560 g/mol. The highest BCUT2D eigenvalue weighted by molar-refractivity contribution is 9.10. The van der Waals surface area contributed by atoms with Gasteiger partial charge < -0.3 is 14.2 Å². The quantitative estimate of drug-likeness (QED) is 0.167. The molecule has 37 heavy (non-hydrogen) atoms. The molecule has 4 rings (SSSR count). The number of hydrogen-bond acceptors (Lipinski definition) is 9. The van der Waals surface area contributed by atoms with Crippen LogP contribution in [0.25, 0.3) is 17.1 Å². The number of pyridine rings is 1. The van der Waals surface area contributed by atoms with E-state index in [1.54, 1.807) is 31.6 Å². The van der Waals surface area contributed by atoms with Crippen LogP contribution in [0.15, 0.2) is 75.7 Å². The summed E-state index contributed by atoms with van der Waals surface area (Å²) >= 11 is 4.71. The fourth-order valence-corrected chi connectivity index (χ4v) is 4.37. The number of amides is 1. The molecule has 0 unspecified atom stereocenters. The number of thioether (sulfide) groups is 1. The molecule has 1 amide bonds. The van der Waals surface area contributed by atoms with Crippen molar-refractivity contribution in [3.63, 3.8) is 0 Å². The van der Waals surface area contributed by atoms with E-state index in [-0.39, 0.29) is 11.7 Å². The number of halogens is 1. The number of hydrazone groups is 1. The van der Waals surface area contributed by atoms with Gasteiger partial charge in [-0.1, -0.05) is 27.7 Å². The summed E-state index contributed by atoms with van der Waals surface area (Å²) in [6.07, 6.45) is 4.87. The van der Waals surface area contributed by atoms with Gasteiger partial charge in [-0.05, 0) is 42.5 Å². The number of hydrogen-bond donors (Lipinski definition) is 1. The van der Waals surface area contributed by atoms with Gasteiger partial charge in [0.2, 0.25) is 0 Å². The number of benzene rings is 2. The molecular formula is C25H23BrN6O4S. The van der Waals surface area contributed by atoms with Gasteiger partial charge in [0.15, 0.2) is 22.5 Å². The predicted molar refractivity (Wildman–Crippen MR) is 145 cm³/mol. The zero-order valence-electron chi connectivity index (χ0n) is 20.2. The van der Waals surface area contributed by atoms with Crippen molar-refractivity contribution in [1.82, 2.24) is 25.2 Å². The molecule has 12 heteroatoms. The summed E-state index contributed by atoms with van der Waals surface area (Å²) in [4.78, 5) is 16.6. The molecule has 2 heterocycles. The van der Waals surface area contributed by atoms with Crippen LogP contribution in [0.5, 0.6) is 17.2 Å². The first-order chi connectivity index (χ1) is 18.0. The maximum absolute atomic E-state index is 12.6. The van der Waals surface area contributed by atoms with Gasteiger partial charge in [0, 0.05) is 39.7 Å². The number of carbonyl (C=O) groups excluding carboxylic acids is 1. The Hall–Kier alpha value is -3.90. The minimum absolute atomic E-state index is 0.0748. The van der Waals surface area contributed by atoms with Gasteiger partial charge in [-0.25, -0.2) is 5.43 Å². The smallest absolute Gasteiger partial charge is 0.250 e. The Labute approximate surface area is 226 Å². The third kappa shape index (κ3) is 6.27. The van der Waals surface area contributed by atoms with E-state index in [0.717, 1.165) is 15.7 Å². The Morgan fingerprint density at radius 3 is 2.35 bits per heavy atom. The summed E-state index contributed by atoms with van der Waals surface area (Å²) in [5, 5.41) is 13.3. The Balaban J connectivity index is 1.49. The number of carbonyl (C=O) groups is 1. The van der Waals surface area contributed by atoms with Crippen molar-refractivity contribution in [2.75, 3.05) is 27.1 Å². The van der Waals surface area contributed by atoms with Gasteiger partial charge in [-0.15, -0.1) is 10.2 Å². The van der Waals surface area contributed by atoms with Crippen molar-refractivity contribution in [1.29, 1.82) is 0 Å². The van der Waals surface area contributed by atoms with Crippen molar-refractivity contribution in [3.05, 3.63) is 71.0 Å². The lowest BCUT2D eigenvalue weighted by Crippen LogP contribution is -2.20. The van der Waals surface area contributed by atoms with Crippen LogP contribution >= 0.6 is 27.7 Å². The summed E-state index contributed by atoms with van der Waals surface area (Å²) < 4.78 is 18.8. The summed E-state index contributed by atoms with van der Waals surface area (Å²) in [5.41, 5.74) is 4.87. The monoisotopic (exact) mass is 582 g/mol. The summed E-state index contributed by atoms with van der Waals surface area (Å²) in [6, 6.07) is 14.9. The molecule has 1 N–H and O–H groups in total. The number of nitrogens with zero attached hydrogens (tertiary/aromatic N) is 5. The van der Waals surface area contributed by atoms with Crippen molar-refractivity contribution >= 4 is 39.8 Å². The van der Waals surface area contributed by atoms with E-state index >= 15 is 0 Å². The van der Waals surface area contributed by atoms with Crippen LogP contribution in [0, 0.1) is 0 Å². The summed E-state index contributed by atoms with van der Waals surface area (Å²) in [5.74, 6) is 1.98. The average molecular weight is 583 g/mol. The molecule has 0 spiro atoms. The first kappa shape index (κ1) is 26.2. The van der Waals surface area contributed by atoms with Crippen molar-refractivity contribution in [2.45, 2.75) is 5.16 Å². The van der Waals surface area contributed by atoms with Crippen LogP contribution < -0.4 is 19.6 Å². The van der Waals surface area contributed by atoms with Crippen LogP contribution in [-0.4, -0.2) is 59.0 Å². The highest BCUT2D eigenvalue weighted by atomic mass is 79.9. The standard InChI is InChI=1S/C25H23BrN6O4S/c1-34-20-13-22(36-3)21(35-2)12-17(20)14-28-29-23(33)15-37-25-31-30-24(16-8-10-27-11-9-16)32(25)19-6-4-18(26)5-7-19/h4-14H,15H2,1-3H3,(H,29,33). The molecule has 0 aliphatic rings. The van der Waals surface area contributed by atoms with E-state index in [1.165, 1.54) is 32.2 Å². The van der Waals surface area contributed by atoms with Crippen molar-refractivity contribution in [3.8, 4) is 34.3 Å². The molecule has 0 bridgehead atoms. The SMILES string of the molecule is COc1cc(OC)c(OC)cc1C=NNC(=O)CSc1nnc(-c2ccncc2)n1-c1ccc(Br)cc1. The second-order valence-corrected chi connectivity index (χ2v) is 9.24. The van der Waals surface area contributed by atoms with E-state index in [9.17, 15) is 4.79 Å². The largest absolute Gasteiger partial charge is 0.496 e. The molecule has 0 aliphatic carbocycles. The van der Waals surface area contributed by atoms with Gasteiger partial charge in [-0.3, -0.25) is 14.3 Å². The fourth-order valence-electron chi connectivity index (χ4n) is 3.36. The molecule has 2 aromatic carbocycles. The Morgan fingerprint density at radius 2 is 1.68 bits per heavy atom. The minimum atomic E-state index is -0.309. The van der Waals surface area contributed by atoms with Gasteiger partial charge in [0.05, 0.1) is 33.3 Å². The Kier molecular flexibility index (Phi) is 8.75. The Bertz CT molecular complexity index is 1400. The van der Waals surface area contributed by atoms with E-state index in [0.29, 0.717) is 33.8 Å². The molecule has 0 aliphatic heterocycles. The molecule has 0 saturated carbocycles. The average Bonchev–Trinajstić information content (AvgIpc) is 3.36. The van der Waals surface area contributed by atoms with Crippen LogP contribution in [0.1, 0.15) is 5.56 Å². The third-order valence-electron chi connectivity index (χ3n) is 5.12. The van der Waals surface area contributed by atoms with Gasteiger partial charge in [-0.2, -0.15) is 5.10 Å². The molecule has 0 fully saturated rings. The first-order valence-corrected chi connectivity index (χ1v) is 12.7. The molecule has 0 atom stereocenters. The maximum atomic E-state index is 12.6. The molecule has 10 nitrogen and oxygen atoms in total. The maximum Gasteiger partial charge on any atom is 0.250 e. The predicted octanol–water partition coefficient (Wildman–Crippen LogP) is 4.36. The highest BCUT2D eigenvalue weighted by Gasteiger charge is 2.17. The van der Waals surface area contributed by atoms with Gasteiger partial charge in [0.1, 0.15) is 5.75 Å². The number of nitrogens with one attached hydrogen (secondary N) is 1. The molecule has 0 saturated heterocycles. The van der Waals surface area contributed by atoms with Crippen molar-refractivity contribution in [2.24, 2.45) is 5.10 Å². The number of aromatic nitrogens is 4. The lowest BCUT2D eigenvalue weighted by Gasteiger charge is -2.11. The minimum Gasteiger partial charge on any atom is -0.496 e. The number of methoxy groups -OCH3 is 3. The molecule has 4 aromatic rings. The van der Waals surface area contributed by atoms with Gasteiger partial charge in [0.25, 0.3) is 5.91 Å². The second-order valence-electron chi connectivity index (χ2n) is 7.38. The van der Waals surface area contributed by atoms with E-state index in [2.05, 4.69) is 41.6 Å². The fraction of sp³-hybridized carbons (Fsp3) is 0.160. The van der Waals surface area contributed by atoms with E-state index < -0.39 is 0 Å². The topological polar surface area (TPSA) is 113 Å². The van der Waals surface area contributed by atoms with Crippen LogP contribution in [0.4, 0.5) is 0 Å². The van der Waals surface area contributed by atoms with Crippen LogP contribution in [0.2, 0.25) is 0 Å². The number of rotatable bonds is 10. The summed E-state index contributed by atoms with van der Waals surface area (Å²) in [6.45, 7) is 0. The normalized spacial score (nSPS) is 10.9. The van der Waals surface area contributed by atoms with Crippen LogP contribution in [-0.2, 0) is 4.79 Å². The van der Waals surface area contributed by atoms with Crippen LogP contribution in [0.3, 0.4) is 0 Å². The number of ether oxygens (including phenoxy) is 3. The second kappa shape index (κ2) is 12.4. The first-order valence-electron chi connectivity index (χ1n) is 10.9. The summed E-state index contributed by atoms with van der Waals surface area (Å²) in [7, 11) is 4.62.